The van der Waals surface area contributed by atoms with Crippen LogP contribution in [0.15, 0.2) is 66.4 Å². The van der Waals surface area contributed by atoms with E-state index >= 15 is 0 Å². The van der Waals surface area contributed by atoms with E-state index in [-0.39, 0.29) is 10.6 Å². The van der Waals surface area contributed by atoms with Crippen molar-refractivity contribution in [2.24, 2.45) is 0 Å². The minimum atomic E-state index is -3.50. The normalized spacial score (nSPS) is 18.0. The number of aromatic nitrogens is 1. The van der Waals surface area contributed by atoms with Gasteiger partial charge in [0.05, 0.1) is 29.8 Å². The van der Waals surface area contributed by atoms with Crippen LogP contribution < -0.4 is 10.2 Å². The molecule has 0 radical (unpaired) electrons. The first-order valence-electron chi connectivity index (χ1n) is 10.0. The van der Waals surface area contributed by atoms with E-state index in [2.05, 4.69) is 4.98 Å². The number of hydrazine groups is 1. The van der Waals surface area contributed by atoms with E-state index in [1.807, 2.05) is 12.3 Å². The first kappa shape index (κ1) is 22.5. The number of nitrogens with one attached hydrogen (secondary N) is 1. The molecule has 1 saturated heterocycles. The molecule has 2 N–H and O–H groups in total. The number of alkyl halides is 2. The van der Waals surface area contributed by atoms with Crippen LogP contribution in [0.2, 0.25) is 0 Å². The lowest BCUT2D eigenvalue weighted by Gasteiger charge is -2.31. The Hall–Kier alpha value is -3.66. The molecule has 1 amide bonds. The second kappa shape index (κ2) is 8.70. The number of carbonyl (C=O) groups is 1. The van der Waals surface area contributed by atoms with E-state index < -0.39 is 36.3 Å². The van der Waals surface area contributed by atoms with Crippen LogP contribution in [0.4, 0.5) is 17.6 Å². The Bertz CT molecular complexity index is 1250. The Morgan fingerprint density at radius 3 is 2.67 bits per heavy atom. The number of amides is 1. The van der Waals surface area contributed by atoms with Gasteiger partial charge in [-0.1, -0.05) is 30.3 Å². The summed E-state index contributed by atoms with van der Waals surface area (Å²) in [4.78, 5) is 17.9. The summed E-state index contributed by atoms with van der Waals surface area (Å²) in [6.07, 6.45) is -6.93. The molecule has 172 valence electrons. The van der Waals surface area contributed by atoms with Crippen molar-refractivity contribution in [3.63, 3.8) is 0 Å². The Morgan fingerprint density at radius 2 is 1.97 bits per heavy atom. The van der Waals surface area contributed by atoms with Gasteiger partial charge in [-0.05, 0) is 31.2 Å². The van der Waals surface area contributed by atoms with E-state index in [4.69, 9.17) is 4.74 Å². The summed E-state index contributed by atoms with van der Waals surface area (Å²) >= 11 is 0. The average molecular weight is 461 g/mol. The number of carbonyl (C=O) groups excluding carboxylic acids is 1. The number of para-hydroxylation sites is 1. The molecule has 1 aliphatic rings. The molecule has 10 heteroatoms. The van der Waals surface area contributed by atoms with Gasteiger partial charge in [-0.15, -0.1) is 0 Å². The summed E-state index contributed by atoms with van der Waals surface area (Å²) in [5.41, 5.74) is -0.920. The Balaban J connectivity index is 1.86. The van der Waals surface area contributed by atoms with Crippen LogP contribution in [-0.4, -0.2) is 39.8 Å². The highest BCUT2D eigenvalue weighted by atomic mass is 19.3. The molecule has 4 rings (SSSR count). The molecule has 2 aromatic carbocycles. The smallest absolute Gasteiger partial charge is 0.291 e. The zero-order chi connectivity index (χ0) is 23.8. The zero-order valence-electron chi connectivity index (χ0n) is 17.4. The number of fused-ring (bicyclic) bond motifs is 1. The number of aliphatic hydroxyl groups is 1. The SMILES string of the molecule is CCOc1cccc(-c2cc(C(=O)N3NC(=C(F)F)CC3(O)C(F)F)c3ccccc3n2)c1. The molecule has 0 spiro atoms. The Morgan fingerprint density at radius 1 is 1.21 bits per heavy atom. The molecule has 0 saturated carbocycles. The molecule has 3 aromatic rings. The van der Waals surface area contributed by atoms with E-state index in [1.54, 1.807) is 48.5 Å². The van der Waals surface area contributed by atoms with Crippen molar-refractivity contribution >= 4 is 16.8 Å². The minimum absolute atomic E-state index is 0.0931. The summed E-state index contributed by atoms with van der Waals surface area (Å²) in [6, 6.07) is 14.8. The van der Waals surface area contributed by atoms with Crippen LogP contribution in [-0.2, 0) is 0 Å². The maximum Gasteiger partial charge on any atom is 0.291 e. The molecule has 1 aromatic heterocycles. The second-order valence-electron chi connectivity index (χ2n) is 7.38. The van der Waals surface area contributed by atoms with Crippen LogP contribution >= 0.6 is 0 Å². The largest absolute Gasteiger partial charge is 0.494 e. The molecule has 2 heterocycles. The molecule has 6 nitrogen and oxygen atoms in total. The molecule has 1 unspecified atom stereocenters. The predicted molar refractivity (Wildman–Crippen MR) is 112 cm³/mol. The van der Waals surface area contributed by atoms with E-state index in [9.17, 15) is 27.5 Å². The summed E-state index contributed by atoms with van der Waals surface area (Å²) in [7, 11) is 0. The van der Waals surface area contributed by atoms with Gasteiger partial charge in [0, 0.05) is 10.9 Å². The van der Waals surface area contributed by atoms with Gasteiger partial charge in [0.15, 0.2) is 0 Å². The van der Waals surface area contributed by atoms with Gasteiger partial charge in [0.25, 0.3) is 18.4 Å². The predicted octanol–water partition coefficient (Wildman–Crippen LogP) is 4.71. The standard InChI is InChI=1S/C23H19F4N3O3/c1-2-33-14-7-5-6-13(10-14)18-11-16(15-8-3-4-9-17(15)28-18)21(31)30-23(32,22(26)27)12-19(29-30)20(24)25/h3-11,22,29,32H,2,12H2,1H3. The van der Waals surface area contributed by atoms with Crippen molar-refractivity contribution in [2.75, 3.05) is 6.61 Å². The van der Waals surface area contributed by atoms with Gasteiger partial charge in [0.2, 0.25) is 5.72 Å². The average Bonchev–Trinajstić information content (AvgIpc) is 3.17. The van der Waals surface area contributed by atoms with E-state index in [0.717, 1.165) is 0 Å². The fourth-order valence-corrected chi connectivity index (χ4v) is 3.65. The zero-order valence-corrected chi connectivity index (χ0v) is 17.4. The molecule has 1 fully saturated rings. The Kier molecular flexibility index (Phi) is 5.94. The second-order valence-corrected chi connectivity index (χ2v) is 7.38. The number of rotatable bonds is 5. The van der Waals surface area contributed by atoms with Gasteiger partial charge in [-0.3, -0.25) is 10.2 Å². The van der Waals surface area contributed by atoms with Crippen molar-refractivity contribution in [1.29, 1.82) is 0 Å². The number of benzene rings is 2. The minimum Gasteiger partial charge on any atom is -0.494 e. The highest BCUT2D eigenvalue weighted by molar-refractivity contribution is 6.07. The van der Waals surface area contributed by atoms with Gasteiger partial charge in [-0.25, -0.2) is 18.8 Å². The lowest BCUT2D eigenvalue weighted by molar-refractivity contribution is -0.168. The number of hydrogen-bond donors (Lipinski definition) is 2. The number of pyridine rings is 1. The van der Waals surface area contributed by atoms with Crippen LogP contribution in [0.1, 0.15) is 23.7 Å². The summed E-state index contributed by atoms with van der Waals surface area (Å²) in [5, 5.41) is 10.9. The lowest BCUT2D eigenvalue weighted by Crippen LogP contribution is -2.55. The summed E-state index contributed by atoms with van der Waals surface area (Å²) < 4.78 is 59.1. The van der Waals surface area contributed by atoms with Crippen molar-refractivity contribution in [3.8, 4) is 17.0 Å². The van der Waals surface area contributed by atoms with Crippen molar-refractivity contribution in [1.82, 2.24) is 15.4 Å². The number of hydrogen-bond acceptors (Lipinski definition) is 5. The highest BCUT2D eigenvalue weighted by Crippen LogP contribution is 2.37. The maximum absolute atomic E-state index is 13.7. The first-order chi connectivity index (χ1) is 15.7. The van der Waals surface area contributed by atoms with Crippen LogP contribution in [0, 0.1) is 0 Å². The summed E-state index contributed by atoms with van der Waals surface area (Å²) in [5.74, 6) is -0.533. The van der Waals surface area contributed by atoms with Gasteiger partial charge in [0.1, 0.15) is 11.4 Å². The van der Waals surface area contributed by atoms with Crippen LogP contribution in [0.5, 0.6) is 5.75 Å². The number of nitrogens with zero attached hydrogens (tertiary/aromatic N) is 2. The summed E-state index contributed by atoms with van der Waals surface area (Å²) in [6.45, 7) is 2.26. The molecule has 1 atom stereocenters. The quantitative estimate of drug-likeness (QED) is 0.539. The number of ether oxygens (including phenoxy) is 1. The molecule has 0 bridgehead atoms. The number of halogens is 4. The molecular weight excluding hydrogens is 442 g/mol. The third kappa shape index (κ3) is 4.09. The van der Waals surface area contributed by atoms with E-state index in [0.29, 0.717) is 34.5 Å². The van der Waals surface area contributed by atoms with Crippen molar-refractivity contribution < 1.29 is 32.2 Å². The highest BCUT2D eigenvalue weighted by Gasteiger charge is 2.53. The third-order valence-corrected chi connectivity index (χ3v) is 5.24. The van der Waals surface area contributed by atoms with Gasteiger partial charge in [-0.2, -0.15) is 8.78 Å². The third-order valence-electron chi connectivity index (χ3n) is 5.24. The van der Waals surface area contributed by atoms with Crippen molar-refractivity contribution in [2.45, 2.75) is 25.5 Å². The van der Waals surface area contributed by atoms with Crippen molar-refractivity contribution in [3.05, 3.63) is 71.9 Å². The topological polar surface area (TPSA) is 74.7 Å². The maximum atomic E-state index is 13.7. The first-order valence-corrected chi connectivity index (χ1v) is 10.0. The van der Waals surface area contributed by atoms with Gasteiger partial charge < -0.3 is 9.84 Å². The monoisotopic (exact) mass is 461 g/mol. The molecule has 0 aliphatic carbocycles. The fourth-order valence-electron chi connectivity index (χ4n) is 3.65. The molecule has 33 heavy (non-hydrogen) atoms. The van der Waals surface area contributed by atoms with Gasteiger partial charge >= 0.3 is 0 Å². The van der Waals surface area contributed by atoms with Crippen LogP contribution in [0.3, 0.4) is 0 Å². The van der Waals surface area contributed by atoms with E-state index in [1.165, 1.54) is 6.07 Å². The lowest BCUT2D eigenvalue weighted by atomic mass is 10.0. The molecule has 1 aliphatic heterocycles. The van der Waals surface area contributed by atoms with Crippen LogP contribution in [0.25, 0.3) is 22.2 Å². The Labute approximate surface area is 186 Å². The fraction of sp³-hybridized carbons (Fsp3) is 0.217. The molecular formula is C23H19F4N3O3.